The molecule has 0 spiro atoms. The lowest BCUT2D eigenvalue weighted by Crippen LogP contribution is -2.15. The lowest BCUT2D eigenvalue weighted by molar-refractivity contribution is 0.303. The van der Waals surface area contributed by atoms with Gasteiger partial charge in [0.15, 0.2) is 0 Å². The first-order valence-electron chi connectivity index (χ1n) is 5.20. The summed E-state index contributed by atoms with van der Waals surface area (Å²) in [4.78, 5) is 3.94. The molecule has 0 amide bonds. The third-order valence-electron chi connectivity index (χ3n) is 2.83. The molecule has 2 rings (SSSR count). The summed E-state index contributed by atoms with van der Waals surface area (Å²) in [5.74, 6) is 0.958. The summed E-state index contributed by atoms with van der Waals surface area (Å²) in [7, 11) is 0. The Morgan fingerprint density at radius 3 is 3.00 bits per heavy atom. The number of anilines is 1. The lowest BCUT2D eigenvalue weighted by Gasteiger charge is -2.25. The molecule has 1 aliphatic carbocycles. The van der Waals surface area contributed by atoms with Gasteiger partial charge in [0.25, 0.3) is 0 Å². The van der Waals surface area contributed by atoms with E-state index in [-0.39, 0.29) is 0 Å². The van der Waals surface area contributed by atoms with E-state index in [0.717, 1.165) is 18.2 Å². The highest BCUT2D eigenvalue weighted by Gasteiger charge is 2.16. The highest BCUT2D eigenvalue weighted by molar-refractivity contribution is 6.29. The highest BCUT2D eigenvalue weighted by atomic mass is 35.5. The standard InChI is InChI=1S/C11H15ClN2/c12-11-8-10(5-7-14-11)13-6-4-9-2-1-3-9/h5,7-9H,1-4,6H2,(H,13,14). The van der Waals surface area contributed by atoms with Crippen LogP contribution in [0.25, 0.3) is 0 Å². The van der Waals surface area contributed by atoms with Crippen molar-refractivity contribution in [3.63, 3.8) is 0 Å². The number of halogens is 1. The van der Waals surface area contributed by atoms with E-state index in [9.17, 15) is 0 Å². The Morgan fingerprint density at radius 2 is 2.36 bits per heavy atom. The normalized spacial score (nSPS) is 16.4. The fraction of sp³-hybridized carbons (Fsp3) is 0.545. The minimum atomic E-state index is 0.554. The zero-order valence-electron chi connectivity index (χ0n) is 8.17. The van der Waals surface area contributed by atoms with Gasteiger partial charge in [0.2, 0.25) is 0 Å². The van der Waals surface area contributed by atoms with Crippen molar-refractivity contribution in [2.45, 2.75) is 25.7 Å². The Kier molecular flexibility index (Phi) is 3.25. The van der Waals surface area contributed by atoms with Crippen molar-refractivity contribution in [3.8, 4) is 0 Å². The lowest BCUT2D eigenvalue weighted by atomic mass is 9.83. The summed E-state index contributed by atoms with van der Waals surface area (Å²) >= 11 is 5.77. The molecule has 1 aliphatic rings. The largest absolute Gasteiger partial charge is 0.385 e. The summed E-state index contributed by atoms with van der Waals surface area (Å²) in [5, 5.41) is 3.91. The fourth-order valence-corrected chi connectivity index (χ4v) is 1.89. The molecule has 0 saturated heterocycles. The molecule has 76 valence electrons. The third kappa shape index (κ3) is 2.61. The first-order chi connectivity index (χ1) is 6.84. The van der Waals surface area contributed by atoms with Gasteiger partial charge in [0.1, 0.15) is 5.15 Å². The minimum absolute atomic E-state index is 0.554. The Bertz CT molecular complexity index is 297. The van der Waals surface area contributed by atoms with Gasteiger partial charge in [0.05, 0.1) is 0 Å². The molecule has 0 unspecified atom stereocenters. The van der Waals surface area contributed by atoms with Crippen LogP contribution < -0.4 is 5.32 Å². The molecule has 1 heterocycles. The van der Waals surface area contributed by atoms with Crippen molar-refractivity contribution in [1.82, 2.24) is 4.98 Å². The van der Waals surface area contributed by atoms with Gasteiger partial charge in [-0.3, -0.25) is 0 Å². The Hall–Kier alpha value is -0.760. The molecule has 0 aliphatic heterocycles. The number of nitrogens with zero attached hydrogens (tertiary/aromatic N) is 1. The maximum atomic E-state index is 5.77. The molecule has 1 aromatic rings. The van der Waals surface area contributed by atoms with E-state index >= 15 is 0 Å². The van der Waals surface area contributed by atoms with E-state index in [1.165, 1.54) is 25.7 Å². The van der Waals surface area contributed by atoms with E-state index in [2.05, 4.69) is 10.3 Å². The third-order valence-corrected chi connectivity index (χ3v) is 3.04. The molecule has 14 heavy (non-hydrogen) atoms. The topological polar surface area (TPSA) is 24.9 Å². The number of hydrogen-bond acceptors (Lipinski definition) is 2. The SMILES string of the molecule is Clc1cc(NCCC2CCC2)ccn1. The van der Waals surface area contributed by atoms with Crippen LogP contribution in [0.2, 0.25) is 5.15 Å². The van der Waals surface area contributed by atoms with Crippen LogP contribution in [-0.2, 0) is 0 Å². The molecule has 1 fully saturated rings. The van der Waals surface area contributed by atoms with E-state index in [1.54, 1.807) is 6.20 Å². The first-order valence-corrected chi connectivity index (χ1v) is 5.58. The van der Waals surface area contributed by atoms with Crippen LogP contribution in [0, 0.1) is 5.92 Å². The molecule has 0 radical (unpaired) electrons. The Labute approximate surface area is 89.7 Å². The minimum Gasteiger partial charge on any atom is -0.385 e. The van der Waals surface area contributed by atoms with Crippen molar-refractivity contribution < 1.29 is 0 Å². The number of pyridine rings is 1. The maximum absolute atomic E-state index is 5.77. The number of nitrogens with one attached hydrogen (secondary N) is 1. The predicted molar refractivity (Wildman–Crippen MR) is 59.7 cm³/mol. The van der Waals surface area contributed by atoms with Gasteiger partial charge >= 0.3 is 0 Å². The van der Waals surface area contributed by atoms with Gasteiger partial charge in [-0.25, -0.2) is 4.98 Å². The smallest absolute Gasteiger partial charge is 0.131 e. The number of rotatable bonds is 4. The maximum Gasteiger partial charge on any atom is 0.131 e. The molecule has 0 bridgehead atoms. The zero-order valence-corrected chi connectivity index (χ0v) is 8.93. The average molecular weight is 211 g/mol. The van der Waals surface area contributed by atoms with Crippen molar-refractivity contribution >= 4 is 17.3 Å². The molecular formula is C11H15ClN2. The van der Waals surface area contributed by atoms with Gasteiger partial charge in [-0.1, -0.05) is 30.9 Å². The van der Waals surface area contributed by atoms with E-state index in [0.29, 0.717) is 5.15 Å². The summed E-state index contributed by atoms with van der Waals surface area (Å²) in [6, 6.07) is 3.81. The van der Waals surface area contributed by atoms with Gasteiger partial charge < -0.3 is 5.32 Å². The number of hydrogen-bond donors (Lipinski definition) is 1. The van der Waals surface area contributed by atoms with Crippen molar-refractivity contribution in [3.05, 3.63) is 23.5 Å². The summed E-state index contributed by atoms with van der Waals surface area (Å²) < 4.78 is 0. The molecule has 1 aromatic heterocycles. The molecule has 0 aromatic carbocycles. The average Bonchev–Trinajstić information content (AvgIpc) is 2.09. The van der Waals surface area contributed by atoms with Crippen molar-refractivity contribution in [1.29, 1.82) is 0 Å². The van der Waals surface area contributed by atoms with Crippen LogP contribution in [0.5, 0.6) is 0 Å². The second kappa shape index (κ2) is 4.65. The van der Waals surface area contributed by atoms with Crippen LogP contribution >= 0.6 is 11.6 Å². The van der Waals surface area contributed by atoms with Crippen LogP contribution in [0.4, 0.5) is 5.69 Å². The monoisotopic (exact) mass is 210 g/mol. The Balaban J connectivity index is 1.74. The molecule has 2 nitrogen and oxygen atoms in total. The Morgan fingerprint density at radius 1 is 1.50 bits per heavy atom. The van der Waals surface area contributed by atoms with E-state index in [1.807, 2.05) is 12.1 Å². The first kappa shape index (κ1) is 9.78. The van der Waals surface area contributed by atoms with Gasteiger partial charge in [-0.05, 0) is 24.5 Å². The van der Waals surface area contributed by atoms with Crippen LogP contribution in [0.3, 0.4) is 0 Å². The summed E-state index contributed by atoms with van der Waals surface area (Å²) in [6.07, 6.45) is 7.26. The predicted octanol–water partition coefficient (Wildman–Crippen LogP) is 3.34. The second-order valence-corrected chi connectivity index (χ2v) is 4.27. The molecular weight excluding hydrogens is 196 g/mol. The van der Waals surface area contributed by atoms with Gasteiger partial charge in [-0.2, -0.15) is 0 Å². The van der Waals surface area contributed by atoms with Crippen LogP contribution in [0.15, 0.2) is 18.3 Å². The van der Waals surface area contributed by atoms with E-state index < -0.39 is 0 Å². The number of aromatic nitrogens is 1. The molecule has 1 saturated carbocycles. The van der Waals surface area contributed by atoms with Crippen LogP contribution in [-0.4, -0.2) is 11.5 Å². The quantitative estimate of drug-likeness (QED) is 0.772. The second-order valence-electron chi connectivity index (χ2n) is 3.88. The molecule has 3 heteroatoms. The molecule has 1 N–H and O–H groups in total. The fourth-order valence-electron chi connectivity index (χ4n) is 1.71. The van der Waals surface area contributed by atoms with Gasteiger partial charge in [0, 0.05) is 18.4 Å². The van der Waals surface area contributed by atoms with E-state index in [4.69, 9.17) is 11.6 Å². The van der Waals surface area contributed by atoms with Crippen LogP contribution in [0.1, 0.15) is 25.7 Å². The summed E-state index contributed by atoms with van der Waals surface area (Å²) in [6.45, 7) is 1.05. The van der Waals surface area contributed by atoms with Crippen molar-refractivity contribution in [2.75, 3.05) is 11.9 Å². The van der Waals surface area contributed by atoms with Crippen molar-refractivity contribution in [2.24, 2.45) is 5.92 Å². The summed E-state index contributed by atoms with van der Waals surface area (Å²) in [5.41, 5.74) is 1.07. The van der Waals surface area contributed by atoms with Gasteiger partial charge in [-0.15, -0.1) is 0 Å². The molecule has 0 atom stereocenters. The highest BCUT2D eigenvalue weighted by Crippen LogP contribution is 2.29. The zero-order chi connectivity index (χ0) is 9.80.